The third-order valence-corrected chi connectivity index (χ3v) is 3.28. The molecule has 4 nitrogen and oxygen atoms in total. The van der Waals surface area contributed by atoms with Crippen LogP contribution in [0.3, 0.4) is 0 Å². The topological polar surface area (TPSA) is 49.4 Å². The lowest BCUT2D eigenvalue weighted by atomic mass is 10.1. The molecule has 0 aliphatic carbocycles. The van der Waals surface area contributed by atoms with E-state index in [1.807, 2.05) is 12.1 Å². The molecule has 1 unspecified atom stereocenters. The number of thiol groups is 1. The second-order valence-corrected chi connectivity index (χ2v) is 4.62. The summed E-state index contributed by atoms with van der Waals surface area (Å²) in [5.74, 6) is 0.588. The average Bonchev–Trinajstić information content (AvgIpc) is 2.85. The Balaban J connectivity index is 2.10. The number of ether oxygens (including phenoxy) is 1. The zero-order valence-corrected chi connectivity index (χ0v) is 10.5. The summed E-state index contributed by atoms with van der Waals surface area (Å²) >= 11 is 4.15. The largest absolute Gasteiger partial charge is 0.441 e. The van der Waals surface area contributed by atoms with E-state index < -0.39 is 0 Å². The maximum atomic E-state index is 5.44. The first-order valence-corrected chi connectivity index (χ1v) is 5.94. The molecule has 2 N–H and O–H groups in total. The highest BCUT2D eigenvalue weighted by molar-refractivity contribution is 7.80. The van der Waals surface area contributed by atoms with Crippen molar-refractivity contribution in [3.05, 3.63) is 35.0 Å². The lowest BCUT2D eigenvalue weighted by Crippen LogP contribution is -2.13. The molecule has 1 aliphatic heterocycles. The monoisotopic (exact) mass is 247 g/mol. The van der Waals surface area contributed by atoms with Gasteiger partial charge in [0.25, 0.3) is 0 Å². The van der Waals surface area contributed by atoms with Crippen molar-refractivity contribution in [2.75, 3.05) is 0 Å². The molecule has 0 saturated heterocycles. The Labute approximate surface area is 104 Å². The van der Waals surface area contributed by atoms with Crippen LogP contribution in [0.25, 0.3) is 10.9 Å². The molecular formula is C12H13N3OS. The average molecular weight is 247 g/mol. The van der Waals surface area contributed by atoms with E-state index in [1.165, 1.54) is 16.6 Å². The molecule has 0 fully saturated rings. The van der Waals surface area contributed by atoms with E-state index in [9.17, 15) is 0 Å². The molecule has 1 aromatic heterocycles. The van der Waals surface area contributed by atoms with Gasteiger partial charge in [0.2, 0.25) is 11.5 Å². The lowest BCUT2D eigenvalue weighted by molar-refractivity contribution is 0.282. The summed E-state index contributed by atoms with van der Waals surface area (Å²) in [5.41, 5.74) is 6.96. The third-order valence-electron chi connectivity index (χ3n) is 3.05. The van der Waals surface area contributed by atoms with E-state index in [4.69, 9.17) is 4.74 Å². The molecule has 0 radical (unpaired) electrons. The van der Waals surface area contributed by atoms with E-state index in [-0.39, 0.29) is 5.56 Å². The molecule has 0 spiro atoms. The number of hydrazone groups is 1. The predicted octanol–water partition coefficient (Wildman–Crippen LogP) is 2.28. The molecule has 1 atom stereocenters. The van der Waals surface area contributed by atoms with Gasteiger partial charge in [-0.1, -0.05) is 0 Å². The van der Waals surface area contributed by atoms with Gasteiger partial charge in [0, 0.05) is 22.2 Å². The number of benzene rings is 1. The number of fused-ring (bicyclic) bond motifs is 1. The van der Waals surface area contributed by atoms with Crippen molar-refractivity contribution in [1.82, 2.24) is 10.4 Å². The van der Waals surface area contributed by atoms with Crippen LogP contribution in [0.5, 0.6) is 0 Å². The summed E-state index contributed by atoms with van der Waals surface area (Å²) in [7, 11) is 0. The van der Waals surface area contributed by atoms with Crippen molar-refractivity contribution in [3.63, 3.8) is 0 Å². The van der Waals surface area contributed by atoms with Crippen molar-refractivity contribution in [2.24, 2.45) is 5.10 Å². The fourth-order valence-electron chi connectivity index (χ4n) is 2.00. The fourth-order valence-corrected chi connectivity index (χ4v) is 2.16. The quantitative estimate of drug-likeness (QED) is 0.677. The minimum Gasteiger partial charge on any atom is -0.441 e. The van der Waals surface area contributed by atoms with E-state index in [0.717, 1.165) is 11.1 Å². The van der Waals surface area contributed by atoms with Gasteiger partial charge in [-0.2, -0.15) is 0 Å². The molecule has 17 heavy (non-hydrogen) atoms. The Kier molecular flexibility index (Phi) is 2.29. The zero-order valence-electron chi connectivity index (χ0n) is 9.61. The molecule has 0 amide bonds. The molecule has 5 heteroatoms. The van der Waals surface area contributed by atoms with Gasteiger partial charge < -0.3 is 9.72 Å². The number of H-pyrrole nitrogens is 1. The van der Waals surface area contributed by atoms with Crippen LogP contribution in [-0.2, 0) is 4.74 Å². The number of aryl methyl sites for hydroxylation is 2. The Morgan fingerprint density at radius 1 is 1.35 bits per heavy atom. The summed E-state index contributed by atoms with van der Waals surface area (Å²) in [6.07, 6.45) is 0. The predicted molar refractivity (Wildman–Crippen MR) is 71.3 cm³/mol. The first kappa shape index (κ1) is 10.5. The van der Waals surface area contributed by atoms with Crippen LogP contribution in [0.15, 0.2) is 23.3 Å². The smallest absolute Gasteiger partial charge is 0.240 e. The molecule has 1 aliphatic rings. The number of nitrogens with one attached hydrogen (secondary N) is 2. The van der Waals surface area contributed by atoms with Gasteiger partial charge in [0.15, 0.2) is 0 Å². The number of hydrogen-bond donors (Lipinski definition) is 3. The van der Waals surface area contributed by atoms with Gasteiger partial charge in [-0.3, -0.25) is 5.43 Å². The van der Waals surface area contributed by atoms with Gasteiger partial charge in [-0.15, -0.1) is 17.7 Å². The lowest BCUT2D eigenvalue weighted by Gasteiger charge is -2.04. The number of hydrogen-bond acceptors (Lipinski definition) is 4. The maximum Gasteiger partial charge on any atom is 0.240 e. The fraction of sp³-hybridized carbons (Fsp3) is 0.250. The van der Waals surface area contributed by atoms with Crippen molar-refractivity contribution >= 4 is 29.4 Å². The number of rotatable bonds is 1. The molecule has 88 valence electrons. The Morgan fingerprint density at radius 2 is 2.18 bits per heavy atom. The molecule has 2 heterocycles. The van der Waals surface area contributed by atoms with E-state index in [1.54, 1.807) is 0 Å². The van der Waals surface area contributed by atoms with E-state index in [0.29, 0.717) is 5.90 Å². The highest BCUT2D eigenvalue weighted by atomic mass is 32.1. The van der Waals surface area contributed by atoms with Gasteiger partial charge in [0.1, 0.15) is 0 Å². The SMILES string of the molecule is Cc1[nH]c2ccc(C3=NNC(S)O3)cc2c1C. The Morgan fingerprint density at radius 3 is 2.88 bits per heavy atom. The maximum absolute atomic E-state index is 5.44. The van der Waals surface area contributed by atoms with Crippen molar-refractivity contribution in [2.45, 2.75) is 19.4 Å². The number of aromatic amines is 1. The van der Waals surface area contributed by atoms with Crippen LogP contribution in [0, 0.1) is 13.8 Å². The van der Waals surface area contributed by atoms with Crippen molar-refractivity contribution in [3.8, 4) is 0 Å². The Bertz CT molecular complexity index is 617. The minimum absolute atomic E-state index is 0.352. The standard InChI is InChI=1S/C12H13N3OS/c1-6-7(2)13-10-4-3-8(5-9(6)10)11-14-15-12(17)16-11/h3-5,12-13,15,17H,1-2H3. The van der Waals surface area contributed by atoms with Gasteiger partial charge in [0.05, 0.1) is 0 Å². The number of nitrogens with zero attached hydrogens (tertiary/aromatic N) is 1. The first-order valence-electron chi connectivity index (χ1n) is 5.42. The summed E-state index contributed by atoms with van der Waals surface area (Å²) in [4.78, 5) is 3.34. The molecule has 3 rings (SSSR count). The van der Waals surface area contributed by atoms with Crippen LogP contribution in [0.2, 0.25) is 0 Å². The van der Waals surface area contributed by atoms with Crippen molar-refractivity contribution in [1.29, 1.82) is 0 Å². The molecular weight excluding hydrogens is 234 g/mol. The van der Waals surface area contributed by atoms with Crippen LogP contribution < -0.4 is 5.43 Å². The zero-order chi connectivity index (χ0) is 12.0. The summed E-state index contributed by atoms with van der Waals surface area (Å²) in [6, 6.07) is 6.12. The summed E-state index contributed by atoms with van der Waals surface area (Å²) in [5, 5.41) is 5.29. The van der Waals surface area contributed by atoms with Crippen LogP contribution in [0.4, 0.5) is 0 Å². The van der Waals surface area contributed by atoms with Crippen LogP contribution in [0.1, 0.15) is 16.8 Å². The second-order valence-electron chi connectivity index (χ2n) is 4.15. The first-order chi connectivity index (χ1) is 8.15. The summed E-state index contributed by atoms with van der Waals surface area (Å²) < 4.78 is 5.44. The molecule has 1 aromatic carbocycles. The Hall–Kier alpha value is -1.62. The third kappa shape index (κ3) is 1.67. The van der Waals surface area contributed by atoms with Crippen LogP contribution >= 0.6 is 12.6 Å². The highest BCUT2D eigenvalue weighted by Crippen LogP contribution is 2.23. The minimum atomic E-state index is -0.352. The van der Waals surface area contributed by atoms with Gasteiger partial charge >= 0.3 is 0 Å². The van der Waals surface area contributed by atoms with E-state index >= 15 is 0 Å². The van der Waals surface area contributed by atoms with E-state index in [2.05, 4.69) is 48.1 Å². The molecule has 2 aromatic rings. The molecule has 0 bridgehead atoms. The second kappa shape index (κ2) is 3.70. The summed E-state index contributed by atoms with van der Waals surface area (Å²) in [6.45, 7) is 4.18. The highest BCUT2D eigenvalue weighted by Gasteiger charge is 2.17. The van der Waals surface area contributed by atoms with Crippen LogP contribution in [-0.4, -0.2) is 16.4 Å². The van der Waals surface area contributed by atoms with Gasteiger partial charge in [-0.05, 0) is 37.6 Å². The normalized spacial score (nSPS) is 19.0. The van der Waals surface area contributed by atoms with Gasteiger partial charge in [-0.25, -0.2) is 0 Å². The molecule has 0 saturated carbocycles. The number of aromatic nitrogens is 1. The van der Waals surface area contributed by atoms with Crippen molar-refractivity contribution < 1.29 is 4.74 Å².